The average molecular weight is 221 g/mol. The molecule has 0 saturated carbocycles. The molecule has 0 atom stereocenters. The van der Waals surface area contributed by atoms with E-state index >= 15 is 0 Å². The van der Waals surface area contributed by atoms with E-state index in [0.29, 0.717) is 5.56 Å². The van der Waals surface area contributed by atoms with E-state index < -0.39 is 11.8 Å². The smallest absolute Gasteiger partial charge is 0.328 e. The third-order valence-electron chi connectivity index (χ3n) is 1.85. The Morgan fingerprint density at radius 1 is 1.62 bits per heavy atom. The number of benzene rings is 1. The fourth-order valence-corrected chi connectivity index (χ4v) is 1.12. The van der Waals surface area contributed by atoms with Gasteiger partial charge in [-0.2, -0.15) is 5.26 Å². The van der Waals surface area contributed by atoms with E-state index in [1.165, 1.54) is 19.3 Å². The number of hydrogen-bond acceptors (Lipinski definition) is 3. The van der Waals surface area contributed by atoms with Gasteiger partial charge in [-0.3, -0.25) is 0 Å². The van der Waals surface area contributed by atoms with Crippen LogP contribution in [0.1, 0.15) is 11.1 Å². The largest absolute Gasteiger partial charge is 0.494 e. The summed E-state index contributed by atoms with van der Waals surface area (Å²) in [6.07, 6.45) is 2.08. The zero-order valence-corrected chi connectivity index (χ0v) is 8.40. The number of carboxylic acid groups (broad SMARTS) is 1. The molecule has 0 amide bonds. The van der Waals surface area contributed by atoms with Crippen LogP contribution in [0, 0.1) is 17.1 Å². The molecular weight excluding hydrogens is 213 g/mol. The van der Waals surface area contributed by atoms with Gasteiger partial charge in [0.25, 0.3) is 0 Å². The van der Waals surface area contributed by atoms with Crippen LogP contribution < -0.4 is 4.74 Å². The Morgan fingerprint density at radius 2 is 2.31 bits per heavy atom. The maximum absolute atomic E-state index is 13.2. The van der Waals surface area contributed by atoms with Gasteiger partial charge < -0.3 is 9.84 Å². The SMILES string of the molecule is COc1cc(/C=C/C(=O)O)c(C#N)cc1F. The molecule has 4 nitrogen and oxygen atoms in total. The second-order valence-corrected chi connectivity index (χ2v) is 2.86. The summed E-state index contributed by atoms with van der Waals surface area (Å²) in [5, 5.41) is 17.2. The van der Waals surface area contributed by atoms with Crippen molar-refractivity contribution < 1.29 is 19.0 Å². The maximum Gasteiger partial charge on any atom is 0.328 e. The lowest BCUT2D eigenvalue weighted by molar-refractivity contribution is -0.131. The molecule has 82 valence electrons. The van der Waals surface area contributed by atoms with Gasteiger partial charge >= 0.3 is 5.97 Å². The fraction of sp³-hybridized carbons (Fsp3) is 0.0909. The van der Waals surface area contributed by atoms with Crippen molar-refractivity contribution in [2.24, 2.45) is 0 Å². The van der Waals surface area contributed by atoms with Gasteiger partial charge in [-0.25, -0.2) is 9.18 Å². The van der Waals surface area contributed by atoms with Crippen molar-refractivity contribution in [1.82, 2.24) is 0 Å². The molecule has 0 bridgehead atoms. The number of nitrogens with zero attached hydrogens (tertiary/aromatic N) is 1. The van der Waals surface area contributed by atoms with E-state index in [1.807, 2.05) is 0 Å². The topological polar surface area (TPSA) is 70.3 Å². The molecular formula is C11H8FNO3. The zero-order valence-electron chi connectivity index (χ0n) is 8.40. The van der Waals surface area contributed by atoms with Gasteiger partial charge in [0.2, 0.25) is 0 Å². The summed E-state index contributed by atoms with van der Waals surface area (Å²) in [5.41, 5.74) is 0.346. The van der Waals surface area contributed by atoms with Gasteiger partial charge in [-0.15, -0.1) is 0 Å². The third-order valence-corrected chi connectivity index (χ3v) is 1.85. The number of rotatable bonds is 3. The van der Waals surface area contributed by atoms with Crippen LogP contribution in [0.4, 0.5) is 4.39 Å². The molecule has 1 N–H and O–H groups in total. The predicted octanol–water partition coefficient (Wildman–Crippen LogP) is 1.80. The molecule has 1 aromatic rings. The van der Waals surface area contributed by atoms with Gasteiger partial charge in [0.1, 0.15) is 0 Å². The molecule has 0 heterocycles. The van der Waals surface area contributed by atoms with Crippen molar-refractivity contribution >= 4 is 12.0 Å². The Morgan fingerprint density at radius 3 is 2.81 bits per heavy atom. The normalized spacial score (nSPS) is 10.1. The van der Waals surface area contributed by atoms with E-state index in [0.717, 1.165) is 12.1 Å². The third kappa shape index (κ3) is 2.58. The number of ether oxygens (including phenoxy) is 1. The fourth-order valence-electron chi connectivity index (χ4n) is 1.12. The monoisotopic (exact) mass is 221 g/mol. The van der Waals surface area contributed by atoms with Crippen molar-refractivity contribution in [3.05, 3.63) is 35.2 Å². The minimum Gasteiger partial charge on any atom is -0.494 e. The first-order valence-electron chi connectivity index (χ1n) is 4.27. The van der Waals surface area contributed by atoms with Crippen LogP contribution in [-0.4, -0.2) is 18.2 Å². The highest BCUT2D eigenvalue weighted by molar-refractivity contribution is 5.86. The molecule has 0 unspecified atom stereocenters. The molecule has 0 fully saturated rings. The van der Waals surface area contributed by atoms with Crippen molar-refractivity contribution in [2.75, 3.05) is 7.11 Å². The Bertz CT molecular complexity index is 489. The molecule has 0 spiro atoms. The minimum absolute atomic E-state index is 0.0379. The average Bonchev–Trinajstić information content (AvgIpc) is 2.26. The first-order chi connectivity index (χ1) is 7.58. The standard InChI is InChI=1S/C11H8FNO3/c1-16-10-5-7(2-3-11(14)15)8(6-13)4-9(10)12/h2-5H,1H3,(H,14,15)/b3-2+. The number of halogens is 1. The van der Waals surface area contributed by atoms with E-state index in [-0.39, 0.29) is 11.3 Å². The summed E-state index contributed by atoms with van der Waals surface area (Å²) in [7, 11) is 1.29. The summed E-state index contributed by atoms with van der Waals surface area (Å²) in [4.78, 5) is 10.3. The van der Waals surface area contributed by atoms with Crippen molar-refractivity contribution in [3.63, 3.8) is 0 Å². The number of methoxy groups -OCH3 is 1. The lowest BCUT2D eigenvalue weighted by atomic mass is 10.1. The van der Waals surface area contributed by atoms with Crippen LogP contribution in [0.25, 0.3) is 6.08 Å². The van der Waals surface area contributed by atoms with Gasteiger partial charge in [0, 0.05) is 6.08 Å². The minimum atomic E-state index is -1.15. The van der Waals surface area contributed by atoms with Crippen LogP contribution in [0.15, 0.2) is 18.2 Å². The summed E-state index contributed by atoms with van der Waals surface area (Å²) >= 11 is 0. The van der Waals surface area contributed by atoms with Crippen LogP contribution >= 0.6 is 0 Å². The molecule has 16 heavy (non-hydrogen) atoms. The van der Waals surface area contributed by atoms with Crippen LogP contribution in [-0.2, 0) is 4.79 Å². The van der Waals surface area contributed by atoms with Gasteiger partial charge in [-0.1, -0.05) is 0 Å². The van der Waals surface area contributed by atoms with Crippen LogP contribution in [0.3, 0.4) is 0 Å². The highest BCUT2D eigenvalue weighted by Crippen LogP contribution is 2.22. The van der Waals surface area contributed by atoms with Crippen LogP contribution in [0.2, 0.25) is 0 Å². The number of aliphatic carboxylic acids is 1. The highest BCUT2D eigenvalue weighted by atomic mass is 19.1. The number of hydrogen-bond donors (Lipinski definition) is 1. The van der Waals surface area contributed by atoms with E-state index in [1.54, 1.807) is 6.07 Å². The molecule has 0 radical (unpaired) electrons. The molecule has 0 aliphatic rings. The van der Waals surface area contributed by atoms with Gasteiger partial charge in [0.15, 0.2) is 11.6 Å². The van der Waals surface area contributed by atoms with E-state index in [4.69, 9.17) is 15.1 Å². The van der Waals surface area contributed by atoms with E-state index in [2.05, 4.69) is 0 Å². The summed E-state index contributed by atoms with van der Waals surface area (Å²) in [6, 6.07) is 4.04. The van der Waals surface area contributed by atoms with E-state index in [9.17, 15) is 9.18 Å². The first kappa shape index (κ1) is 11.7. The number of carboxylic acids is 1. The molecule has 0 aliphatic heterocycles. The summed E-state index contributed by atoms with van der Waals surface area (Å²) in [5.74, 6) is -1.84. The second kappa shape index (κ2) is 4.94. The quantitative estimate of drug-likeness (QED) is 0.790. The first-order valence-corrected chi connectivity index (χ1v) is 4.27. The summed E-state index contributed by atoms with van der Waals surface area (Å²) in [6.45, 7) is 0. The van der Waals surface area contributed by atoms with Crippen molar-refractivity contribution in [1.29, 1.82) is 5.26 Å². The Kier molecular flexibility index (Phi) is 3.62. The van der Waals surface area contributed by atoms with Gasteiger partial charge in [0.05, 0.1) is 18.7 Å². The Hall–Kier alpha value is -2.35. The highest BCUT2D eigenvalue weighted by Gasteiger charge is 2.08. The number of nitriles is 1. The van der Waals surface area contributed by atoms with Crippen molar-refractivity contribution in [2.45, 2.75) is 0 Å². The Balaban J connectivity index is 3.26. The molecule has 5 heteroatoms. The molecule has 0 aliphatic carbocycles. The summed E-state index contributed by atoms with van der Waals surface area (Å²) < 4.78 is 17.9. The molecule has 0 saturated heterocycles. The van der Waals surface area contributed by atoms with Crippen LogP contribution in [0.5, 0.6) is 5.75 Å². The lowest BCUT2D eigenvalue weighted by Crippen LogP contribution is -1.93. The molecule has 1 rings (SSSR count). The number of carbonyl (C=O) groups is 1. The maximum atomic E-state index is 13.2. The molecule has 1 aromatic carbocycles. The zero-order chi connectivity index (χ0) is 12.1. The Labute approximate surface area is 91.2 Å². The predicted molar refractivity (Wildman–Crippen MR) is 54.3 cm³/mol. The van der Waals surface area contributed by atoms with Gasteiger partial charge in [-0.05, 0) is 23.8 Å². The lowest BCUT2D eigenvalue weighted by Gasteiger charge is -2.04. The van der Waals surface area contributed by atoms with Crippen molar-refractivity contribution in [3.8, 4) is 11.8 Å². The molecule has 0 aromatic heterocycles. The second-order valence-electron chi connectivity index (χ2n) is 2.86.